The van der Waals surface area contributed by atoms with Crippen molar-refractivity contribution >= 4 is 28.2 Å². The van der Waals surface area contributed by atoms with Gasteiger partial charge < -0.3 is 10.4 Å². The number of nitrogens with one attached hydrogen (secondary N) is 1. The van der Waals surface area contributed by atoms with Crippen molar-refractivity contribution in [2.45, 2.75) is 20.3 Å². The molecule has 1 aromatic rings. The van der Waals surface area contributed by atoms with Crippen LogP contribution in [0, 0.1) is 11.3 Å². The molecule has 1 heterocycles. The standard InChI is InChI=1S/C11H13NO3S/c1-11(2)5-7(11)8(13)12-9-6(10(14)15)3-4-16-9/h3-4,7H,5H2,1-2H3,(H,12,13)(H,14,15). The zero-order valence-corrected chi connectivity index (χ0v) is 9.93. The molecule has 0 bridgehead atoms. The Balaban J connectivity index is 2.07. The smallest absolute Gasteiger partial charge is 0.338 e. The molecule has 0 aliphatic heterocycles. The summed E-state index contributed by atoms with van der Waals surface area (Å²) in [7, 11) is 0. The van der Waals surface area contributed by atoms with E-state index in [1.54, 1.807) is 5.38 Å². The predicted molar refractivity (Wildman–Crippen MR) is 61.8 cm³/mol. The van der Waals surface area contributed by atoms with Gasteiger partial charge in [-0.3, -0.25) is 4.79 Å². The summed E-state index contributed by atoms with van der Waals surface area (Å²) in [4.78, 5) is 22.6. The fourth-order valence-corrected chi connectivity index (χ4v) is 2.47. The summed E-state index contributed by atoms with van der Waals surface area (Å²) in [5.74, 6) is -1.07. The maximum absolute atomic E-state index is 11.8. The molecule has 0 aromatic carbocycles. The van der Waals surface area contributed by atoms with Gasteiger partial charge in [0.15, 0.2) is 0 Å². The average Bonchev–Trinajstić information content (AvgIpc) is 2.61. The maximum atomic E-state index is 11.8. The first-order valence-electron chi connectivity index (χ1n) is 5.03. The molecule has 1 aliphatic rings. The Kier molecular flexibility index (Phi) is 2.50. The highest BCUT2D eigenvalue weighted by atomic mass is 32.1. The molecule has 1 aromatic heterocycles. The van der Waals surface area contributed by atoms with Crippen LogP contribution in [0.5, 0.6) is 0 Å². The zero-order chi connectivity index (χ0) is 11.9. The Morgan fingerprint density at radius 3 is 2.69 bits per heavy atom. The summed E-state index contributed by atoms with van der Waals surface area (Å²) in [6.45, 7) is 4.06. The molecule has 0 spiro atoms. The van der Waals surface area contributed by atoms with Gasteiger partial charge in [0, 0.05) is 5.92 Å². The van der Waals surface area contributed by atoms with Crippen LogP contribution in [0.2, 0.25) is 0 Å². The zero-order valence-electron chi connectivity index (χ0n) is 9.11. The van der Waals surface area contributed by atoms with Crippen molar-refractivity contribution in [3.05, 3.63) is 17.0 Å². The predicted octanol–water partition coefficient (Wildman–Crippen LogP) is 2.43. The Labute approximate surface area is 97.3 Å². The number of carboxylic acid groups (broad SMARTS) is 1. The lowest BCUT2D eigenvalue weighted by Crippen LogP contribution is -2.17. The molecule has 86 valence electrons. The number of anilines is 1. The van der Waals surface area contributed by atoms with Gasteiger partial charge in [-0.1, -0.05) is 13.8 Å². The van der Waals surface area contributed by atoms with Crippen LogP contribution in [0.3, 0.4) is 0 Å². The van der Waals surface area contributed by atoms with E-state index in [1.165, 1.54) is 17.4 Å². The van der Waals surface area contributed by atoms with E-state index in [0.717, 1.165) is 6.42 Å². The van der Waals surface area contributed by atoms with E-state index < -0.39 is 5.97 Å². The molecule has 2 N–H and O–H groups in total. The third-order valence-electron chi connectivity index (χ3n) is 2.96. The topological polar surface area (TPSA) is 66.4 Å². The van der Waals surface area contributed by atoms with E-state index in [4.69, 9.17) is 5.11 Å². The molecule has 4 nitrogen and oxygen atoms in total. The maximum Gasteiger partial charge on any atom is 0.338 e. The minimum Gasteiger partial charge on any atom is -0.478 e. The molecule has 1 atom stereocenters. The third kappa shape index (κ3) is 1.95. The average molecular weight is 239 g/mol. The SMILES string of the molecule is CC1(C)CC1C(=O)Nc1sccc1C(=O)O. The van der Waals surface area contributed by atoms with Gasteiger partial charge in [0.2, 0.25) is 5.91 Å². The highest BCUT2D eigenvalue weighted by Gasteiger charge is 2.50. The summed E-state index contributed by atoms with van der Waals surface area (Å²) >= 11 is 1.24. The summed E-state index contributed by atoms with van der Waals surface area (Å²) in [5.41, 5.74) is 0.224. The van der Waals surface area contributed by atoms with Crippen molar-refractivity contribution in [3.63, 3.8) is 0 Å². The molecular weight excluding hydrogens is 226 g/mol. The van der Waals surface area contributed by atoms with Gasteiger partial charge in [0.1, 0.15) is 5.00 Å². The Morgan fingerprint density at radius 1 is 1.56 bits per heavy atom. The second-order valence-electron chi connectivity index (χ2n) is 4.70. The first kappa shape index (κ1) is 11.1. The minimum atomic E-state index is -1.01. The molecule has 0 saturated heterocycles. The van der Waals surface area contributed by atoms with E-state index in [2.05, 4.69) is 5.32 Å². The number of carbonyl (C=O) groups excluding carboxylic acids is 1. The Morgan fingerprint density at radius 2 is 2.19 bits per heavy atom. The lowest BCUT2D eigenvalue weighted by atomic mass is 10.1. The summed E-state index contributed by atoms with van der Waals surface area (Å²) < 4.78 is 0. The van der Waals surface area contributed by atoms with Crippen molar-refractivity contribution in [2.75, 3.05) is 5.32 Å². The quantitative estimate of drug-likeness (QED) is 0.851. The van der Waals surface area contributed by atoms with Crippen LogP contribution < -0.4 is 5.32 Å². The van der Waals surface area contributed by atoms with E-state index in [1.807, 2.05) is 13.8 Å². The highest BCUT2D eigenvalue weighted by Crippen LogP contribution is 2.52. The fourth-order valence-electron chi connectivity index (χ4n) is 1.69. The first-order valence-corrected chi connectivity index (χ1v) is 5.91. The summed E-state index contributed by atoms with van der Waals surface area (Å²) in [5, 5.41) is 13.7. The van der Waals surface area contributed by atoms with Gasteiger partial charge in [-0.05, 0) is 23.3 Å². The van der Waals surface area contributed by atoms with Gasteiger partial charge in [-0.25, -0.2) is 4.79 Å². The molecule has 1 aliphatic carbocycles. The van der Waals surface area contributed by atoms with Gasteiger partial charge in [-0.2, -0.15) is 0 Å². The molecule has 1 saturated carbocycles. The van der Waals surface area contributed by atoms with E-state index >= 15 is 0 Å². The number of thiophene rings is 1. The van der Waals surface area contributed by atoms with Crippen LogP contribution in [0.25, 0.3) is 0 Å². The van der Waals surface area contributed by atoms with Crippen LogP contribution in [-0.2, 0) is 4.79 Å². The van der Waals surface area contributed by atoms with Gasteiger partial charge >= 0.3 is 5.97 Å². The lowest BCUT2D eigenvalue weighted by Gasteiger charge is -2.05. The molecule has 16 heavy (non-hydrogen) atoms. The molecule has 5 heteroatoms. The van der Waals surface area contributed by atoms with Crippen molar-refractivity contribution in [1.82, 2.24) is 0 Å². The third-order valence-corrected chi connectivity index (χ3v) is 3.79. The van der Waals surface area contributed by atoms with Crippen LogP contribution in [0.15, 0.2) is 11.4 Å². The fraction of sp³-hybridized carbons (Fsp3) is 0.455. The number of amides is 1. The van der Waals surface area contributed by atoms with Crippen LogP contribution in [-0.4, -0.2) is 17.0 Å². The van der Waals surface area contributed by atoms with Crippen LogP contribution in [0.4, 0.5) is 5.00 Å². The number of carboxylic acids is 1. The van der Waals surface area contributed by atoms with Gasteiger partial charge in [-0.15, -0.1) is 11.3 Å². The molecule has 1 unspecified atom stereocenters. The van der Waals surface area contributed by atoms with Gasteiger partial charge in [0.05, 0.1) is 5.56 Å². The van der Waals surface area contributed by atoms with Crippen LogP contribution in [0.1, 0.15) is 30.6 Å². The molecular formula is C11H13NO3S. The van der Waals surface area contributed by atoms with Crippen molar-refractivity contribution < 1.29 is 14.7 Å². The monoisotopic (exact) mass is 239 g/mol. The normalized spacial score (nSPS) is 21.5. The molecule has 1 amide bonds. The highest BCUT2D eigenvalue weighted by molar-refractivity contribution is 7.14. The van der Waals surface area contributed by atoms with E-state index in [0.29, 0.717) is 5.00 Å². The Bertz CT molecular complexity index is 450. The second-order valence-corrected chi connectivity index (χ2v) is 5.62. The molecule has 1 fully saturated rings. The number of hydrogen-bond donors (Lipinski definition) is 2. The number of aromatic carboxylic acids is 1. The summed E-state index contributed by atoms with van der Waals surface area (Å²) in [6, 6.07) is 1.50. The van der Waals surface area contributed by atoms with Crippen molar-refractivity contribution in [1.29, 1.82) is 0 Å². The lowest BCUT2D eigenvalue weighted by molar-refractivity contribution is -0.117. The van der Waals surface area contributed by atoms with Gasteiger partial charge in [0.25, 0.3) is 0 Å². The van der Waals surface area contributed by atoms with E-state index in [9.17, 15) is 9.59 Å². The summed E-state index contributed by atoms with van der Waals surface area (Å²) in [6.07, 6.45) is 0.868. The van der Waals surface area contributed by atoms with Crippen molar-refractivity contribution in [2.24, 2.45) is 11.3 Å². The minimum absolute atomic E-state index is 0.0104. The van der Waals surface area contributed by atoms with Crippen molar-refractivity contribution in [3.8, 4) is 0 Å². The number of rotatable bonds is 3. The largest absolute Gasteiger partial charge is 0.478 e. The molecule has 0 radical (unpaired) electrons. The first-order chi connectivity index (χ1) is 7.42. The Hall–Kier alpha value is -1.36. The molecule has 2 rings (SSSR count). The second kappa shape index (κ2) is 3.59. The number of carbonyl (C=O) groups is 2. The number of hydrogen-bond acceptors (Lipinski definition) is 3. The van der Waals surface area contributed by atoms with Crippen LogP contribution >= 0.6 is 11.3 Å². The van der Waals surface area contributed by atoms with E-state index in [-0.39, 0.29) is 22.8 Å².